The molecular formula is C15H16. The van der Waals surface area contributed by atoms with Gasteiger partial charge in [0, 0.05) is 0 Å². The van der Waals surface area contributed by atoms with Crippen molar-refractivity contribution >= 4 is 10.8 Å². The summed E-state index contributed by atoms with van der Waals surface area (Å²) in [5, 5.41) is 2.74. The van der Waals surface area contributed by atoms with Gasteiger partial charge in [-0.15, -0.1) is 0 Å². The zero-order chi connectivity index (χ0) is 10.5. The first-order chi connectivity index (χ1) is 7.42. The first-order valence-corrected chi connectivity index (χ1v) is 5.49. The number of hydrogen-bond acceptors (Lipinski definition) is 0. The average molecular weight is 196 g/mol. The summed E-state index contributed by atoms with van der Waals surface area (Å²) in [6, 6.07) is 15.1. The number of allylic oxidation sites excluding steroid dienone is 2. The standard InChI is InChI=1S/C15H16/c1-2-3-4-8-13-10-7-11-14-9-5-6-12-15(13)14/h2-3,5-7,9-12H,4,8H2,1H3/b3-2+. The Hall–Kier alpha value is -1.56. The maximum atomic E-state index is 2.23. The van der Waals surface area contributed by atoms with E-state index in [1.54, 1.807) is 0 Å². The van der Waals surface area contributed by atoms with Gasteiger partial charge in [-0.3, -0.25) is 0 Å². The van der Waals surface area contributed by atoms with E-state index < -0.39 is 0 Å². The fourth-order valence-electron chi connectivity index (χ4n) is 1.92. The Morgan fingerprint density at radius 3 is 2.67 bits per heavy atom. The van der Waals surface area contributed by atoms with Crippen molar-refractivity contribution in [1.29, 1.82) is 0 Å². The van der Waals surface area contributed by atoms with Crippen LogP contribution < -0.4 is 0 Å². The monoisotopic (exact) mass is 196 g/mol. The number of benzene rings is 2. The minimum absolute atomic E-state index is 1.13. The molecule has 0 aromatic heterocycles. The second-order valence-corrected chi connectivity index (χ2v) is 3.75. The number of hydrogen-bond donors (Lipinski definition) is 0. The lowest BCUT2D eigenvalue weighted by molar-refractivity contribution is 1.01. The second-order valence-electron chi connectivity index (χ2n) is 3.75. The van der Waals surface area contributed by atoms with Gasteiger partial charge in [-0.2, -0.15) is 0 Å². The van der Waals surface area contributed by atoms with Crippen molar-refractivity contribution in [3.8, 4) is 0 Å². The smallest absolute Gasteiger partial charge is 0.0152 e. The van der Waals surface area contributed by atoms with Crippen LogP contribution >= 0.6 is 0 Å². The minimum Gasteiger partial charge on any atom is -0.0917 e. The van der Waals surface area contributed by atoms with E-state index in [0.717, 1.165) is 12.8 Å². The quantitative estimate of drug-likeness (QED) is 0.640. The Bertz CT molecular complexity index is 461. The molecule has 0 bridgehead atoms. The van der Waals surface area contributed by atoms with Crippen LogP contribution in [0.2, 0.25) is 0 Å². The van der Waals surface area contributed by atoms with Crippen LogP contribution in [-0.4, -0.2) is 0 Å². The lowest BCUT2D eigenvalue weighted by Crippen LogP contribution is -1.85. The molecule has 0 nitrogen and oxygen atoms in total. The highest BCUT2D eigenvalue weighted by atomic mass is 14.0. The van der Waals surface area contributed by atoms with E-state index in [0.29, 0.717) is 0 Å². The summed E-state index contributed by atoms with van der Waals surface area (Å²) < 4.78 is 0. The SMILES string of the molecule is C/C=C/CCc1cccc2ccccc12. The zero-order valence-electron chi connectivity index (χ0n) is 9.11. The van der Waals surface area contributed by atoms with Crippen LogP contribution in [0.4, 0.5) is 0 Å². The molecule has 0 aliphatic heterocycles. The summed E-state index contributed by atoms with van der Waals surface area (Å²) in [4.78, 5) is 0. The van der Waals surface area contributed by atoms with Gasteiger partial charge in [0.05, 0.1) is 0 Å². The predicted molar refractivity (Wildman–Crippen MR) is 67.1 cm³/mol. The van der Waals surface area contributed by atoms with E-state index in [1.165, 1.54) is 16.3 Å². The molecule has 0 amide bonds. The van der Waals surface area contributed by atoms with Crippen molar-refractivity contribution in [2.45, 2.75) is 19.8 Å². The molecule has 0 fully saturated rings. The van der Waals surface area contributed by atoms with Crippen LogP contribution in [-0.2, 0) is 6.42 Å². The zero-order valence-corrected chi connectivity index (χ0v) is 9.11. The Labute approximate surface area is 91.2 Å². The molecule has 0 radical (unpaired) electrons. The fraction of sp³-hybridized carbons (Fsp3) is 0.200. The Morgan fingerprint density at radius 1 is 1.00 bits per heavy atom. The van der Waals surface area contributed by atoms with E-state index in [9.17, 15) is 0 Å². The van der Waals surface area contributed by atoms with Crippen LogP contribution in [0.1, 0.15) is 18.9 Å². The lowest BCUT2D eigenvalue weighted by Gasteiger charge is -2.04. The molecule has 0 aliphatic rings. The largest absolute Gasteiger partial charge is 0.0917 e. The van der Waals surface area contributed by atoms with Crippen LogP contribution in [0.25, 0.3) is 10.8 Å². The molecule has 0 spiro atoms. The highest BCUT2D eigenvalue weighted by molar-refractivity contribution is 5.85. The highest BCUT2D eigenvalue weighted by Gasteiger charge is 1.98. The molecule has 2 rings (SSSR count). The van der Waals surface area contributed by atoms with Crippen molar-refractivity contribution in [3.63, 3.8) is 0 Å². The summed E-state index contributed by atoms with van der Waals surface area (Å²) in [6.45, 7) is 2.07. The van der Waals surface area contributed by atoms with Gasteiger partial charge in [0.2, 0.25) is 0 Å². The molecule has 0 aliphatic carbocycles. The van der Waals surface area contributed by atoms with Crippen LogP contribution in [0.15, 0.2) is 54.6 Å². The summed E-state index contributed by atoms with van der Waals surface area (Å²) in [7, 11) is 0. The van der Waals surface area contributed by atoms with E-state index in [-0.39, 0.29) is 0 Å². The Balaban J connectivity index is 2.34. The van der Waals surface area contributed by atoms with Gasteiger partial charge in [0.15, 0.2) is 0 Å². The van der Waals surface area contributed by atoms with E-state index >= 15 is 0 Å². The molecular weight excluding hydrogens is 180 g/mol. The molecule has 76 valence electrons. The highest BCUT2D eigenvalue weighted by Crippen LogP contribution is 2.19. The topological polar surface area (TPSA) is 0 Å². The summed E-state index contributed by atoms with van der Waals surface area (Å²) in [6.07, 6.45) is 6.60. The molecule has 0 saturated heterocycles. The lowest BCUT2D eigenvalue weighted by atomic mass is 10.0. The molecule has 2 aromatic rings. The van der Waals surface area contributed by atoms with E-state index in [4.69, 9.17) is 0 Å². The molecule has 15 heavy (non-hydrogen) atoms. The van der Waals surface area contributed by atoms with Crippen molar-refractivity contribution in [2.24, 2.45) is 0 Å². The Morgan fingerprint density at radius 2 is 1.80 bits per heavy atom. The van der Waals surface area contributed by atoms with Gasteiger partial charge in [0.25, 0.3) is 0 Å². The molecule has 0 atom stereocenters. The Kier molecular flexibility index (Phi) is 3.18. The van der Waals surface area contributed by atoms with Crippen molar-refractivity contribution < 1.29 is 0 Å². The van der Waals surface area contributed by atoms with Gasteiger partial charge in [0.1, 0.15) is 0 Å². The van der Waals surface area contributed by atoms with E-state index in [1.807, 2.05) is 0 Å². The molecule has 0 N–H and O–H groups in total. The molecule has 0 heteroatoms. The van der Waals surface area contributed by atoms with E-state index in [2.05, 4.69) is 61.5 Å². The van der Waals surface area contributed by atoms with Crippen molar-refractivity contribution in [1.82, 2.24) is 0 Å². The fourth-order valence-corrected chi connectivity index (χ4v) is 1.92. The summed E-state index contributed by atoms with van der Waals surface area (Å²) >= 11 is 0. The van der Waals surface area contributed by atoms with Gasteiger partial charge >= 0.3 is 0 Å². The summed E-state index contributed by atoms with van der Waals surface area (Å²) in [5.41, 5.74) is 1.45. The number of rotatable bonds is 3. The first-order valence-electron chi connectivity index (χ1n) is 5.49. The van der Waals surface area contributed by atoms with Gasteiger partial charge in [-0.25, -0.2) is 0 Å². The van der Waals surface area contributed by atoms with Crippen molar-refractivity contribution in [3.05, 3.63) is 60.2 Å². The van der Waals surface area contributed by atoms with Crippen LogP contribution in [0.5, 0.6) is 0 Å². The summed E-state index contributed by atoms with van der Waals surface area (Å²) in [5.74, 6) is 0. The third-order valence-corrected chi connectivity index (χ3v) is 2.70. The number of aryl methyl sites for hydroxylation is 1. The molecule has 0 heterocycles. The average Bonchev–Trinajstić information content (AvgIpc) is 2.30. The third kappa shape index (κ3) is 2.27. The number of fused-ring (bicyclic) bond motifs is 1. The molecule has 0 saturated carbocycles. The third-order valence-electron chi connectivity index (χ3n) is 2.70. The van der Waals surface area contributed by atoms with Gasteiger partial charge < -0.3 is 0 Å². The minimum atomic E-state index is 1.13. The molecule has 2 aromatic carbocycles. The maximum absolute atomic E-state index is 2.23. The second kappa shape index (κ2) is 4.79. The van der Waals surface area contributed by atoms with Crippen LogP contribution in [0, 0.1) is 0 Å². The van der Waals surface area contributed by atoms with Gasteiger partial charge in [-0.05, 0) is 36.1 Å². The maximum Gasteiger partial charge on any atom is -0.0152 e. The first kappa shape index (κ1) is 9.97. The van der Waals surface area contributed by atoms with Gasteiger partial charge in [-0.1, -0.05) is 54.6 Å². The van der Waals surface area contributed by atoms with Crippen molar-refractivity contribution in [2.75, 3.05) is 0 Å². The van der Waals surface area contributed by atoms with Crippen LogP contribution in [0.3, 0.4) is 0 Å². The molecule has 0 unspecified atom stereocenters. The normalized spacial score (nSPS) is 11.3. The predicted octanol–water partition coefficient (Wildman–Crippen LogP) is 4.35.